The zero-order valence-corrected chi connectivity index (χ0v) is 15.4. The normalized spacial score (nSPS) is 61.8. The molecule has 0 amide bonds. The SMILES string of the molecule is C=C1C[C@]23C[C@@]1(O)CC[C@H]2[C@@]12OC(=O)[C@@](C)([C@H]1[C@@H]3C(=O)OC)[C@H]1O[C@H]1[C@@H]2O. The topological polar surface area (TPSA) is 106 Å². The fraction of sp³-hybridized carbons (Fsp3) is 0.800. The number of ether oxygens (including phenoxy) is 3. The van der Waals surface area contributed by atoms with Gasteiger partial charge in [-0.15, -0.1) is 0 Å². The molecule has 2 heterocycles. The van der Waals surface area contributed by atoms with E-state index < -0.39 is 64.1 Å². The van der Waals surface area contributed by atoms with E-state index in [0.717, 1.165) is 5.57 Å². The molecule has 0 unspecified atom stereocenters. The summed E-state index contributed by atoms with van der Waals surface area (Å²) in [5.41, 5.74) is -3.02. The summed E-state index contributed by atoms with van der Waals surface area (Å²) in [6, 6.07) is 0. The van der Waals surface area contributed by atoms with E-state index in [4.69, 9.17) is 14.2 Å². The van der Waals surface area contributed by atoms with Crippen LogP contribution in [-0.4, -0.2) is 58.8 Å². The Bertz CT molecular complexity index is 823. The number of fused-ring (bicyclic) bond motifs is 3. The third-order valence-corrected chi connectivity index (χ3v) is 9.05. The number of rotatable bonds is 1. The third-order valence-electron chi connectivity index (χ3n) is 9.05. The van der Waals surface area contributed by atoms with Crippen LogP contribution in [0.1, 0.15) is 32.6 Å². The monoisotopic (exact) mass is 376 g/mol. The van der Waals surface area contributed by atoms with Crippen LogP contribution >= 0.6 is 0 Å². The van der Waals surface area contributed by atoms with E-state index in [2.05, 4.69) is 6.58 Å². The molecule has 0 aromatic heterocycles. The maximum absolute atomic E-state index is 13.1. The van der Waals surface area contributed by atoms with Gasteiger partial charge in [0.1, 0.15) is 29.3 Å². The number of carbonyl (C=O) groups is 2. The van der Waals surface area contributed by atoms with Gasteiger partial charge in [0.2, 0.25) is 0 Å². The summed E-state index contributed by atoms with van der Waals surface area (Å²) in [5, 5.41) is 22.3. The molecular formula is C20H24O7. The van der Waals surface area contributed by atoms with Gasteiger partial charge in [-0.2, -0.15) is 0 Å². The van der Waals surface area contributed by atoms with Crippen molar-refractivity contribution in [3.8, 4) is 0 Å². The van der Waals surface area contributed by atoms with Gasteiger partial charge in [0.25, 0.3) is 0 Å². The van der Waals surface area contributed by atoms with Gasteiger partial charge >= 0.3 is 11.9 Å². The second-order valence-corrected chi connectivity index (χ2v) is 9.78. The van der Waals surface area contributed by atoms with Gasteiger partial charge in [-0.1, -0.05) is 6.58 Å². The van der Waals surface area contributed by atoms with Crippen LogP contribution < -0.4 is 0 Å². The first-order chi connectivity index (χ1) is 12.7. The molecule has 2 N–H and O–H groups in total. The van der Waals surface area contributed by atoms with Crippen LogP contribution in [0.2, 0.25) is 0 Å². The number of esters is 2. The van der Waals surface area contributed by atoms with E-state index in [1.807, 2.05) is 0 Å². The summed E-state index contributed by atoms with van der Waals surface area (Å²) in [7, 11) is 1.35. The minimum Gasteiger partial charge on any atom is -0.469 e. The molecule has 0 radical (unpaired) electrons. The Hall–Kier alpha value is -1.44. The zero-order valence-electron chi connectivity index (χ0n) is 15.4. The van der Waals surface area contributed by atoms with Crippen LogP contribution in [0.5, 0.6) is 0 Å². The predicted molar refractivity (Wildman–Crippen MR) is 89.1 cm³/mol. The van der Waals surface area contributed by atoms with Crippen LogP contribution in [0.25, 0.3) is 0 Å². The van der Waals surface area contributed by atoms with Crippen molar-refractivity contribution in [3.05, 3.63) is 12.2 Å². The summed E-state index contributed by atoms with van der Waals surface area (Å²) in [6.07, 6.45) is 0.113. The summed E-state index contributed by atoms with van der Waals surface area (Å²) in [6.45, 7) is 5.90. The summed E-state index contributed by atoms with van der Waals surface area (Å²) >= 11 is 0. The van der Waals surface area contributed by atoms with Crippen molar-refractivity contribution < 1.29 is 34.0 Å². The maximum atomic E-state index is 13.1. The van der Waals surface area contributed by atoms with Gasteiger partial charge in [-0.05, 0) is 43.6 Å². The molecule has 7 heteroatoms. The standard InChI is InChI=1S/C20H24O7/c1-8-6-18-7-19(8,24)5-4-9(18)20-12(10(18)15(22)25-3)17(2,16(23)27-20)14-11(26-14)13(20)21/h9-14,21,24H,1,4-7H2,2-3H3/t9-,10-,11+,12-,13+,14+,17+,18+,19+,20-/m1/s1. The molecule has 10 atom stereocenters. The van der Waals surface area contributed by atoms with E-state index in [1.54, 1.807) is 6.92 Å². The van der Waals surface area contributed by atoms with E-state index in [1.165, 1.54) is 7.11 Å². The molecule has 4 aliphatic carbocycles. The molecule has 0 aromatic rings. The molecule has 0 aromatic carbocycles. The Morgan fingerprint density at radius 2 is 2.15 bits per heavy atom. The number of hydrogen-bond donors (Lipinski definition) is 2. The Morgan fingerprint density at radius 1 is 1.41 bits per heavy atom. The second kappa shape index (κ2) is 4.26. The van der Waals surface area contributed by atoms with E-state index in [0.29, 0.717) is 25.7 Å². The first kappa shape index (κ1) is 16.5. The highest BCUT2D eigenvalue weighted by atomic mass is 16.6. The quantitative estimate of drug-likeness (QED) is 0.386. The maximum Gasteiger partial charge on any atom is 0.315 e. The zero-order chi connectivity index (χ0) is 19.1. The van der Waals surface area contributed by atoms with Crippen LogP contribution in [0, 0.1) is 28.6 Å². The van der Waals surface area contributed by atoms with Crippen molar-refractivity contribution in [1.29, 1.82) is 0 Å². The Kier molecular flexibility index (Phi) is 2.61. The lowest BCUT2D eigenvalue weighted by Crippen LogP contribution is -2.59. The molecule has 6 rings (SSSR count). The number of aliphatic hydroxyl groups is 2. The first-order valence-corrected chi connectivity index (χ1v) is 9.72. The van der Waals surface area contributed by atoms with Crippen molar-refractivity contribution in [2.24, 2.45) is 28.6 Å². The third kappa shape index (κ3) is 1.40. The first-order valence-electron chi connectivity index (χ1n) is 9.72. The Balaban J connectivity index is 1.63. The fourth-order valence-electron chi connectivity index (χ4n) is 8.09. The largest absolute Gasteiger partial charge is 0.469 e. The molecule has 4 saturated carbocycles. The van der Waals surface area contributed by atoms with Gasteiger partial charge in [0, 0.05) is 11.8 Å². The van der Waals surface area contributed by atoms with Gasteiger partial charge in [0.15, 0.2) is 0 Å². The lowest BCUT2D eigenvalue weighted by Gasteiger charge is -2.46. The highest BCUT2D eigenvalue weighted by Crippen LogP contribution is 2.80. The van der Waals surface area contributed by atoms with E-state index in [-0.39, 0.29) is 5.92 Å². The molecule has 6 fully saturated rings. The highest BCUT2D eigenvalue weighted by Gasteiger charge is 2.90. The van der Waals surface area contributed by atoms with Crippen molar-refractivity contribution in [2.45, 2.75) is 62.1 Å². The number of carbonyl (C=O) groups excluding carboxylic acids is 2. The van der Waals surface area contributed by atoms with Crippen LogP contribution in [0.15, 0.2) is 12.2 Å². The fourth-order valence-corrected chi connectivity index (χ4v) is 8.09. The van der Waals surface area contributed by atoms with Crippen LogP contribution in [-0.2, 0) is 23.8 Å². The van der Waals surface area contributed by atoms with Crippen molar-refractivity contribution in [3.63, 3.8) is 0 Å². The predicted octanol–water partition coefficient (Wildman–Crippen LogP) is 0.327. The number of hydrogen-bond acceptors (Lipinski definition) is 7. The number of epoxide rings is 1. The van der Waals surface area contributed by atoms with Crippen molar-refractivity contribution in [2.75, 3.05) is 7.11 Å². The van der Waals surface area contributed by atoms with Crippen LogP contribution in [0.3, 0.4) is 0 Å². The minimum atomic E-state index is -1.16. The summed E-state index contributed by atoms with van der Waals surface area (Å²) in [5.74, 6) is -2.19. The molecule has 1 spiro atoms. The van der Waals surface area contributed by atoms with Crippen molar-refractivity contribution >= 4 is 11.9 Å². The molecule has 2 aliphatic heterocycles. The molecule has 146 valence electrons. The molecule has 4 bridgehead atoms. The lowest BCUT2D eigenvalue weighted by atomic mass is 9.59. The highest BCUT2D eigenvalue weighted by molar-refractivity contribution is 5.87. The molecule has 27 heavy (non-hydrogen) atoms. The number of methoxy groups -OCH3 is 1. The molecular weight excluding hydrogens is 352 g/mol. The average Bonchev–Trinajstić information content (AvgIpc) is 3.31. The summed E-state index contributed by atoms with van der Waals surface area (Å²) < 4.78 is 16.9. The second-order valence-electron chi connectivity index (χ2n) is 9.78. The Labute approximate surface area is 156 Å². The van der Waals surface area contributed by atoms with Gasteiger partial charge in [-0.25, -0.2) is 0 Å². The lowest BCUT2D eigenvalue weighted by molar-refractivity contribution is -0.180. The molecule has 2 saturated heterocycles. The van der Waals surface area contributed by atoms with Crippen LogP contribution in [0.4, 0.5) is 0 Å². The molecule has 6 aliphatic rings. The van der Waals surface area contributed by atoms with E-state index >= 15 is 0 Å². The summed E-state index contributed by atoms with van der Waals surface area (Å²) in [4.78, 5) is 26.1. The van der Waals surface area contributed by atoms with Gasteiger partial charge in [0.05, 0.1) is 18.6 Å². The number of aliphatic hydroxyl groups excluding tert-OH is 1. The van der Waals surface area contributed by atoms with Gasteiger partial charge < -0.3 is 24.4 Å². The minimum absolute atomic E-state index is 0.232. The van der Waals surface area contributed by atoms with Crippen molar-refractivity contribution in [1.82, 2.24) is 0 Å². The van der Waals surface area contributed by atoms with Gasteiger partial charge in [-0.3, -0.25) is 9.59 Å². The Morgan fingerprint density at radius 3 is 2.85 bits per heavy atom. The van der Waals surface area contributed by atoms with E-state index in [9.17, 15) is 19.8 Å². The molecule has 7 nitrogen and oxygen atoms in total. The average molecular weight is 376 g/mol. The smallest absolute Gasteiger partial charge is 0.315 e.